The zero-order chi connectivity index (χ0) is 17.5. The highest BCUT2D eigenvalue weighted by Crippen LogP contribution is 2.34. The molecule has 1 aliphatic carbocycles. The SMILES string of the molecule is CCNC(=NCC(C1CC1)N(C)C)N1CCN(C(=O)OCC)CC1.I. The van der Waals surface area contributed by atoms with Crippen LogP contribution in [0.5, 0.6) is 0 Å². The van der Waals surface area contributed by atoms with Crippen molar-refractivity contribution in [1.29, 1.82) is 0 Å². The number of nitrogens with one attached hydrogen (secondary N) is 1. The van der Waals surface area contributed by atoms with Crippen LogP contribution in [-0.4, -0.2) is 92.8 Å². The van der Waals surface area contributed by atoms with Crippen molar-refractivity contribution < 1.29 is 9.53 Å². The van der Waals surface area contributed by atoms with E-state index in [2.05, 4.69) is 36.1 Å². The summed E-state index contributed by atoms with van der Waals surface area (Å²) in [6.07, 6.45) is 2.45. The van der Waals surface area contributed by atoms with Gasteiger partial charge in [0, 0.05) is 38.8 Å². The molecule has 1 N–H and O–H groups in total. The monoisotopic (exact) mass is 467 g/mol. The van der Waals surface area contributed by atoms with Crippen LogP contribution < -0.4 is 5.32 Å². The second-order valence-electron chi connectivity index (χ2n) is 6.74. The van der Waals surface area contributed by atoms with Crippen LogP contribution in [0.2, 0.25) is 0 Å². The topological polar surface area (TPSA) is 60.4 Å². The zero-order valence-electron chi connectivity index (χ0n) is 16.0. The van der Waals surface area contributed by atoms with Gasteiger partial charge in [-0.25, -0.2) is 4.79 Å². The number of hydrogen-bond acceptors (Lipinski definition) is 4. The van der Waals surface area contributed by atoms with Gasteiger partial charge in [-0.1, -0.05) is 0 Å². The Balaban J connectivity index is 0.00000312. The lowest BCUT2D eigenvalue weighted by molar-refractivity contribution is 0.0914. The van der Waals surface area contributed by atoms with Crippen molar-refractivity contribution >= 4 is 36.0 Å². The molecule has 7 nitrogen and oxygen atoms in total. The predicted octanol–water partition coefficient (Wildman–Crippen LogP) is 1.68. The molecule has 0 aromatic carbocycles. The lowest BCUT2D eigenvalue weighted by Gasteiger charge is -2.36. The van der Waals surface area contributed by atoms with Gasteiger partial charge in [0.25, 0.3) is 0 Å². The highest BCUT2D eigenvalue weighted by atomic mass is 127. The van der Waals surface area contributed by atoms with Gasteiger partial charge in [0.2, 0.25) is 0 Å². The number of amides is 1. The number of carbonyl (C=O) groups excluding carboxylic acids is 1. The molecular weight excluding hydrogens is 433 g/mol. The number of piperazine rings is 1. The molecule has 0 bridgehead atoms. The first kappa shape index (κ1) is 22.3. The number of carbonyl (C=O) groups is 1. The molecule has 1 aliphatic heterocycles. The van der Waals surface area contributed by atoms with Gasteiger partial charge in [0.05, 0.1) is 13.2 Å². The van der Waals surface area contributed by atoms with Crippen LogP contribution in [0.3, 0.4) is 0 Å². The van der Waals surface area contributed by atoms with Crippen molar-refractivity contribution in [3.8, 4) is 0 Å². The summed E-state index contributed by atoms with van der Waals surface area (Å²) in [6.45, 7) is 8.99. The van der Waals surface area contributed by atoms with E-state index in [0.29, 0.717) is 25.7 Å². The van der Waals surface area contributed by atoms with Crippen LogP contribution >= 0.6 is 24.0 Å². The summed E-state index contributed by atoms with van der Waals surface area (Å²) in [5.74, 6) is 1.76. The summed E-state index contributed by atoms with van der Waals surface area (Å²) in [5, 5.41) is 3.40. The van der Waals surface area contributed by atoms with Crippen molar-refractivity contribution in [2.45, 2.75) is 32.7 Å². The van der Waals surface area contributed by atoms with E-state index in [1.165, 1.54) is 12.8 Å². The minimum absolute atomic E-state index is 0. The van der Waals surface area contributed by atoms with Gasteiger partial charge in [-0.15, -0.1) is 24.0 Å². The Hall–Kier alpha value is -0.770. The molecule has 0 spiro atoms. The fourth-order valence-electron chi connectivity index (χ4n) is 3.14. The molecule has 1 saturated heterocycles. The lowest BCUT2D eigenvalue weighted by Crippen LogP contribution is -2.54. The Labute approximate surface area is 169 Å². The van der Waals surface area contributed by atoms with Crippen LogP contribution in [0.4, 0.5) is 4.79 Å². The Bertz CT molecular complexity index is 433. The van der Waals surface area contributed by atoms with E-state index in [4.69, 9.17) is 9.73 Å². The van der Waals surface area contributed by atoms with Crippen molar-refractivity contribution in [2.75, 3.05) is 60.0 Å². The summed E-state index contributed by atoms with van der Waals surface area (Å²) in [4.78, 5) is 23.0. The molecule has 1 unspecified atom stereocenters. The van der Waals surface area contributed by atoms with E-state index in [0.717, 1.165) is 38.1 Å². The van der Waals surface area contributed by atoms with Gasteiger partial charge in [0.1, 0.15) is 0 Å². The number of nitrogens with zero attached hydrogens (tertiary/aromatic N) is 4. The fourth-order valence-corrected chi connectivity index (χ4v) is 3.14. The summed E-state index contributed by atoms with van der Waals surface area (Å²) in [6, 6.07) is 0.527. The number of aliphatic imine (C=N–C) groups is 1. The third-order valence-corrected chi connectivity index (χ3v) is 4.70. The number of ether oxygens (including phenoxy) is 1. The average molecular weight is 467 g/mol. The number of hydrogen-bond donors (Lipinski definition) is 1. The predicted molar refractivity (Wildman–Crippen MR) is 112 cm³/mol. The van der Waals surface area contributed by atoms with Gasteiger partial charge >= 0.3 is 6.09 Å². The van der Waals surface area contributed by atoms with E-state index >= 15 is 0 Å². The number of likely N-dealkylation sites (N-methyl/N-ethyl adjacent to an activating group) is 1. The summed E-state index contributed by atoms with van der Waals surface area (Å²) in [5.41, 5.74) is 0. The molecule has 2 aliphatic rings. The van der Waals surface area contributed by atoms with Crippen molar-refractivity contribution in [3.63, 3.8) is 0 Å². The standard InChI is InChI=1S/C17H33N5O2.HI/c1-5-18-16(19-13-15(20(3)4)14-7-8-14)21-9-11-22(12-10-21)17(23)24-6-2;/h14-15H,5-13H2,1-4H3,(H,18,19);1H. The number of halogens is 1. The fraction of sp³-hybridized carbons (Fsp3) is 0.882. The second-order valence-corrected chi connectivity index (χ2v) is 6.74. The molecule has 0 aromatic heterocycles. The minimum atomic E-state index is -0.208. The molecule has 0 radical (unpaired) electrons. The minimum Gasteiger partial charge on any atom is -0.450 e. The molecule has 0 aromatic rings. The van der Waals surface area contributed by atoms with Crippen molar-refractivity contribution in [2.24, 2.45) is 10.9 Å². The van der Waals surface area contributed by atoms with Crippen LogP contribution in [0.15, 0.2) is 4.99 Å². The zero-order valence-corrected chi connectivity index (χ0v) is 18.4. The Morgan fingerprint density at radius 1 is 1.20 bits per heavy atom. The van der Waals surface area contributed by atoms with Crippen LogP contribution in [0.25, 0.3) is 0 Å². The van der Waals surface area contributed by atoms with Crippen molar-refractivity contribution in [3.05, 3.63) is 0 Å². The maximum Gasteiger partial charge on any atom is 0.409 e. The molecule has 1 heterocycles. The Kier molecular flexibility index (Phi) is 9.84. The maximum absolute atomic E-state index is 11.8. The molecular formula is C17H34IN5O2. The lowest BCUT2D eigenvalue weighted by atomic mass is 10.2. The molecule has 1 saturated carbocycles. The molecule has 8 heteroatoms. The van der Waals surface area contributed by atoms with E-state index in [1.807, 2.05) is 6.92 Å². The van der Waals surface area contributed by atoms with Gasteiger partial charge < -0.3 is 24.8 Å². The summed E-state index contributed by atoms with van der Waals surface area (Å²) < 4.78 is 5.08. The normalized spacial score (nSPS) is 19.5. The van der Waals surface area contributed by atoms with E-state index in [-0.39, 0.29) is 30.1 Å². The van der Waals surface area contributed by atoms with E-state index < -0.39 is 0 Å². The Morgan fingerprint density at radius 2 is 1.80 bits per heavy atom. The molecule has 1 amide bonds. The summed E-state index contributed by atoms with van der Waals surface area (Å²) in [7, 11) is 4.28. The first-order valence-electron chi connectivity index (χ1n) is 9.18. The second kappa shape index (κ2) is 11.1. The van der Waals surface area contributed by atoms with Crippen LogP contribution in [-0.2, 0) is 4.74 Å². The van der Waals surface area contributed by atoms with Gasteiger partial charge in [0.15, 0.2) is 5.96 Å². The van der Waals surface area contributed by atoms with Gasteiger partial charge in [-0.05, 0) is 46.7 Å². The first-order valence-corrected chi connectivity index (χ1v) is 9.18. The highest BCUT2D eigenvalue weighted by Gasteiger charge is 2.32. The Morgan fingerprint density at radius 3 is 2.28 bits per heavy atom. The molecule has 25 heavy (non-hydrogen) atoms. The highest BCUT2D eigenvalue weighted by molar-refractivity contribution is 14.0. The first-order chi connectivity index (χ1) is 11.6. The third kappa shape index (κ3) is 6.80. The van der Waals surface area contributed by atoms with Gasteiger partial charge in [-0.2, -0.15) is 0 Å². The number of guanidine groups is 1. The average Bonchev–Trinajstić information content (AvgIpc) is 3.39. The van der Waals surface area contributed by atoms with Crippen LogP contribution in [0, 0.1) is 5.92 Å². The molecule has 2 rings (SSSR count). The third-order valence-electron chi connectivity index (χ3n) is 4.70. The quantitative estimate of drug-likeness (QED) is 0.366. The molecule has 146 valence electrons. The van der Waals surface area contributed by atoms with E-state index in [1.54, 1.807) is 4.90 Å². The van der Waals surface area contributed by atoms with Gasteiger partial charge in [-0.3, -0.25) is 4.99 Å². The smallest absolute Gasteiger partial charge is 0.409 e. The largest absolute Gasteiger partial charge is 0.450 e. The van der Waals surface area contributed by atoms with Crippen LogP contribution in [0.1, 0.15) is 26.7 Å². The summed E-state index contributed by atoms with van der Waals surface area (Å²) >= 11 is 0. The molecule has 1 atom stereocenters. The van der Waals surface area contributed by atoms with E-state index in [9.17, 15) is 4.79 Å². The number of rotatable bonds is 6. The maximum atomic E-state index is 11.8. The van der Waals surface area contributed by atoms with Crippen molar-refractivity contribution in [1.82, 2.24) is 20.0 Å². The molecule has 2 fully saturated rings.